The van der Waals surface area contributed by atoms with Crippen LogP contribution in [0.15, 0.2) is 18.2 Å². The number of halogens is 2. The van der Waals surface area contributed by atoms with Gasteiger partial charge in [0.2, 0.25) is 0 Å². The van der Waals surface area contributed by atoms with Crippen molar-refractivity contribution in [1.82, 2.24) is 5.32 Å². The standard InChI is InChI=1S/C15H19ClFNO2/c16-13-5-6-14(17)12(7-13)9-18-8-10-1-3-11(4-2-10)15(19)20/h5-7,10-11,18H,1-4,8-9H2,(H,19,20). The van der Waals surface area contributed by atoms with Crippen molar-refractivity contribution in [2.24, 2.45) is 11.8 Å². The van der Waals surface area contributed by atoms with Gasteiger partial charge in [-0.25, -0.2) is 4.39 Å². The summed E-state index contributed by atoms with van der Waals surface area (Å²) in [5.41, 5.74) is 0.566. The lowest BCUT2D eigenvalue weighted by atomic mass is 9.82. The van der Waals surface area contributed by atoms with Crippen LogP contribution < -0.4 is 5.32 Å². The predicted octanol–water partition coefficient (Wildman–Crippen LogP) is 3.46. The van der Waals surface area contributed by atoms with Gasteiger partial charge in [-0.2, -0.15) is 0 Å². The average molecular weight is 300 g/mol. The predicted molar refractivity (Wildman–Crippen MR) is 76.2 cm³/mol. The molecule has 2 N–H and O–H groups in total. The second kappa shape index (κ2) is 7.04. The third kappa shape index (κ3) is 4.18. The smallest absolute Gasteiger partial charge is 0.306 e. The summed E-state index contributed by atoms with van der Waals surface area (Å²) < 4.78 is 13.5. The first-order valence-electron chi connectivity index (χ1n) is 6.93. The van der Waals surface area contributed by atoms with E-state index in [-0.39, 0.29) is 11.7 Å². The van der Waals surface area contributed by atoms with Crippen LogP contribution in [-0.4, -0.2) is 17.6 Å². The molecule has 1 saturated carbocycles. The van der Waals surface area contributed by atoms with Crippen molar-refractivity contribution in [3.63, 3.8) is 0 Å². The van der Waals surface area contributed by atoms with Gasteiger partial charge in [-0.15, -0.1) is 0 Å². The van der Waals surface area contributed by atoms with Gasteiger partial charge < -0.3 is 10.4 Å². The van der Waals surface area contributed by atoms with Crippen molar-refractivity contribution in [2.45, 2.75) is 32.2 Å². The van der Waals surface area contributed by atoms with Crippen LogP contribution in [0, 0.1) is 17.7 Å². The lowest BCUT2D eigenvalue weighted by molar-refractivity contribution is -0.143. The van der Waals surface area contributed by atoms with Gasteiger partial charge in [0, 0.05) is 17.1 Å². The minimum atomic E-state index is -0.683. The number of hydrogen-bond acceptors (Lipinski definition) is 2. The van der Waals surface area contributed by atoms with Crippen molar-refractivity contribution in [2.75, 3.05) is 6.54 Å². The van der Waals surface area contributed by atoms with E-state index in [1.165, 1.54) is 12.1 Å². The molecule has 110 valence electrons. The minimum Gasteiger partial charge on any atom is -0.481 e. The molecule has 0 radical (unpaired) electrons. The van der Waals surface area contributed by atoms with Crippen LogP contribution in [0.5, 0.6) is 0 Å². The maximum absolute atomic E-state index is 13.5. The zero-order valence-electron chi connectivity index (χ0n) is 11.2. The summed E-state index contributed by atoms with van der Waals surface area (Å²) in [4.78, 5) is 10.9. The molecule has 2 rings (SSSR count). The van der Waals surface area contributed by atoms with E-state index in [0.717, 1.165) is 32.2 Å². The number of nitrogens with one attached hydrogen (secondary N) is 1. The Kier molecular flexibility index (Phi) is 5.38. The number of hydrogen-bond donors (Lipinski definition) is 2. The van der Waals surface area contributed by atoms with Crippen LogP contribution in [0.4, 0.5) is 4.39 Å². The highest BCUT2D eigenvalue weighted by Gasteiger charge is 2.25. The molecule has 0 spiro atoms. The van der Waals surface area contributed by atoms with Gasteiger partial charge in [0.1, 0.15) is 5.82 Å². The molecule has 5 heteroatoms. The van der Waals surface area contributed by atoms with Gasteiger partial charge in [-0.1, -0.05) is 11.6 Å². The molecule has 1 aromatic carbocycles. The molecule has 3 nitrogen and oxygen atoms in total. The molecule has 1 fully saturated rings. The van der Waals surface area contributed by atoms with E-state index in [2.05, 4.69) is 5.32 Å². The lowest BCUT2D eigenvalue weighted by Crippen LogP contribution is -2.28. The average Bonchev–Trinajstić information content (AvgIpc) is 2.43. The molecule has 1 aromatic rings. The first-order chi connectivity index (χ1) is 9.56. The van der Waals surface area contributed by atoms with E-state index >= 15 is 0 Å². The number of aliphatic carboxylic acids is 1. The summed E-state index contributed by atoms with van der Waals surface area (Å²) in [6.45, 7) is 1.24. The molecule has 1 aliphatic rings. The van der Waals surface area contributed by atoms with E-state index in [4.69, 9.17) is 16.7 Å². The summed E-state index contributed by atoms with van der Waals surface area (Å²) >= 11 is 5.84. The third-order valence-electron chi connectivity index (χ3n) is 3.95. The fraction of sp³-hybridized carbons (Fsp3) is 0.533. The van der Waals surface area contributed by atoms with Gasteiger partial charge in [0.05, 0.1) is 5.92 Å². The van der Waals surface area contributed by atoms with E-state index in [0.29, 0.717) is 23.0 Å². The van der Waals surface area contributed by atoms with E-state index in [1.807, 2.05) is 0 Å². The SMILES string of the molecule is O=C(O)C1CCC(CNCc2cc(Cl)ccc2F)CC1. The lowest BCUT2D eigenvalue weighted by Gasteiger charge is -2.26. The Morgan fingerprint density at radius 2 is 2.05 bits per heavy atom. The molecule has 0 saturated heterocycles. The molecular formula is C15H19ClFNO2. The Balaban J connectivity index is 1.74. The van der Waals surface area contributed by atoms with Crippen molar-refractivity contribution in [3.8, 4) is 0 Å². The van der Waals surface area contributed by atoms with Gasteiger partial charge in [0.15, 0.2) is 0 Å². The monoisotopic (exact) mass is 299 g/mol. The molecule has 0 amide bonds. The topological polar surface area (TPSA) is 49.3 Å². The van der Waals surface area contributed by atoms with Gasteiger partial charge in [0.25, 0.3) is 0 Å². The molecule has 0 bridgehead atoms. The third-order valence-corrected chi connectivity index (χ3v) is 4.19. The van der Waals surface area contributed by atoms with E-state index in [1.54, 1.807) is 6.07 Å². The molecule has 1 aliphatic carbocycles. The van der Waals surface area contributed by atoms with Crippen molar-refractivity contribution in [1.29, 1.82) is 0 Å². The first kappa shape index (κ1) is 15.3. The van der Waals surface area contributed by atoms with Crippen molar-refractivity contribution < 1.29 is 14.3 Å². The number of benzene rings is 1. The Hall–Kier alpha value is -1.13. The highest BCUT2D eigenvalue weighted by molar-refractivity contribution is 6.30. The quantitative estimate of drug-likeness (QED) is 0.875. The highest BCUT2D eigenvalue weighted by atomic mass is 35.5. The second-order valence-electron chi connectivity index (χ2n) is 5.42. The number of carboxylic acid groups (broad SMARTS) is 1. The second-order valence-corrected chi connectivity index (χ2v) is 5.86. The largest absolute Gasteiger partial charge is 0.481 e. The van der Waals surface area contributed by atoms with Crippen LogP contribution >= 0.6 is 11.6 Å². The van der Waals surface area contributed by atoms with Gasteiger partial charge >= 0.3 is 5.97 Å². The number of carbonyl (C=O) groups is 1. The molecule has 20 heavy (non-hydrogen) atoms. The summed E-state index contributed by atoms with van der Waals surface area (Å²) in [5.74, 6) is -0.640. The Bertz CT molecular complexity index is 473. The number of rotatable bonds is 5. The fourth-order valence-corrected chi connectivity index (χ4v) is 2.90. The fourth-order valence-electron chi connectivity index (χ4n) is 2.70. The molecule has 0 aromatic heterocycles. The van der Waals surface area contributed by atoms with Crippen molar-refractivity contribution >= 4 is 17.6 Å². The molecule has 0 aliphatic heterocycles. The molecule has 0 atom stereocenters. The van der Waals surface area contributed by atoms with Crippen LogP contribution in [0.1, 0.15) is 31.2 Å². The van der Waals surface area contributed by atoms with Gasteiger partial charge in [-0.3, -0.25) is 4.79 Å². The van der Waals surface area contributed by atoms with Crippen LogP contribution in [0.2, 0.25) is 5.02 Å². The summed E-state index contributed by atoms with van der Waals surface area (Å²) in [6.07, 6.45) is 3.32. The maximum atomic E-state index is 13.5. The number of carboxylic acids is 1. The molecule has 0 unspecified atom stereocenters. The highest BCUT2D eigenvalue weighted by Crippen LogP contribution is 2.28. The summed E-state index contributed by atoms with van der Waals surface area (Å²) in [5, 5.41) is 12.7. The summed E-state index contributed by atoms with van der Waals surface area (Å²) in [6, 6.07) is 4.54. The first-order valence-corrected chi connectivity index (χ1v) is 7.31. The van der Waals surface area contributed by atoms with Gasteiger partial charge in [-0.05, 0) is 56.3 Å². The normalized spacial score (nSPS) is 22.7. The van der Waals surface area contributed by atoms with Crippen LogP contribution in [-0.2, 0) is 11.3 Å². The minimum absolute atomic E-state index is 0.184. The Morgan fingerprint density at radius 1 is 1.35 bits per heavy atom. The molecule has 0 heterocycles. The van der Waals surface area contributed by atoms with E-state index < -0.39 is 5.97 Å². The van der Waals surface area contributed by atoms with Crippen molar-refractivity contribution in [3.05, 3.63) is 34.6 Å². The Morgan fingerprint density at radius 3 is 2.70 bits per heavy atom. The van der Waals surface area contributed by atoms with Crippen LogP contribution in [0.3, 0.4) is 0 Å². The molecular weight excluding hydrogens is 281 g/mol. The Labute approximate surface area is 123 Å². The van der Waals surface area contributed by atoms with E-state index in [9.17, 15) is 9.18 Å². The summed E-state index contributed by atoms with van der Waals surface area (Å²) in [7, 11) is 0. The maximum Gasteiger partial charge on any atom is 0.306 e. The zero-order chi connectivity index (χ0) is 14.5. The van der Waals surface area contributed by atoms with Crippen LogP contribution in [0.25, 0.3) is 0 Å². The zero-order valence-corrected chi connectivity index (χ0v) is 12.0.